The van der Waals surface area contributed by atoms with Crippen molar-refractivity contribution < 1.29 is 36.3 Å². The van der Waals surface area contributed by atoms with Gasteiger partial charge in [-0.2, -0.15) is 13.2 Å². The molecule has 2 aliphatic carbocycles. The lowest BCUT2D eigenvalue weighted by atomic mass is 9.72. The fraction of sp³-hybridized carbons (Fsp3) is 0.484. The van der Waals surface area contributed by atoms with Gasteiger partial charge in [0.2, 0.25) is 17.7 Å². The Balaban J connectivity index is 1.46. The SMILES string of the molecule is NC(=O)[C@@H](CC1CC(F)(F)C1)[C@@H](CCC(F)(F)F)C(=O)N[C@H]1N=C(c2ccccc2)c2cccc(C3CC3)c2CC1=O. The van der Waals surface area contributed by atoms with Crippen molar-refractivity contribution in [3.63, 3.8) is 0 Å². The Hall–Kier alpha value is -3.63. The van der Waals surface area contributed by atoms with Crippen LogP contribution in [0, 0.1) is 17.8 Å². The summed E-state index contributed by atoms with van der Waals surface area (Å²) in [5, 5.41) is 2.51. The molecular weight excluding hydrogens is 557 g/mol. The van der Waals surface area contributed by atoms with Gasteiger partial charge in [-0.3, -0.25) is 19.4 Å². The predicted molar refractivity (Wildman–Crippen MR) is 145 cm³/mol. The van der Waals surface area contributed by atoms with Gasteiger partial charge < -0.3 is 11.1 Å². The van der Waals surface area contributed by atoms with E-state index in [1.54, 1.807) is 12.1 Å². The Morgan fingerprint density at radius 1 is 1.02 bits per heavy atom. The van der Waals surface area contributed by atoms with Crippen LogP contribution in [-0.2, 0) is 20.8 Å². The Labute approximate surface area is 240 Å². The van der Waals surface area contributed by atoms with Crippen LogP contribution < -0.4 is 11.1 Å². The number of halogens is 5. The van der Waals surface area contributed by atoms with Crippen molar-refractivity contribution in [3.05, 3.63) is 70.8 Å². The summed E-state index contributed by atoms with van der Waals surface area (Å²) in [5.74, 6) is -8.73. The maximum atomic E-state index is 13.6. The molecule has 11 heteroatoms. The molecular formula is C31H32F5N3O3. The van der Waals surface area contributed by atoms with Crippen LogP contribution in [0.25, 0.3) is 0 Å². The summed E-state index contributed by atoms with van der Waals surface area (Å²) in [6.07, 6.45) is -7.60. The summed E-state index contributed by atoms with van der Waals surface area (Å²) >= 11 is 0. The van der Waals surface area contributed by atoms with Crippen molar-refractivity contribution in [2.24, 2.45) is 28.5 Å². The first kappa shape index (κ1) is 29.8. The molecule has 1 aliphatic heterocycles. The van der Waals surface area contributed by atoms with Crippen molar-refractivity contribution in [2.75, 3.05) is 0 Å². The van der Waals surface area contributed by atoms with E-state index in [0.717, 1.165) is 29.5 Å². The summed E-state index contributed by atoms with van der Waals surface area (Å²) in [6, 6.07) is 14.8. The second-order valence-electron chi connectivity index (χ2n) is 11.7. The Morgan fingerprint density at radius 2 is 1.71 bits per heavy atom. The highest BCUT2D eigenvalue weighted by molar-refractivity contribution is 6.16. The minimum absolute atomic E-state index is 0.0452. The number of amides is 2. The van der Waals surface area contributed by atoms with E-state index in [0.29, 0.717) is 17.2 Å². The number of Topliss-reactive ketones (excluding diaryl/α,β-unsaturated/α-hetero) is 1. The number of aliphatic imine (C=N–C) groups is 1. The number of carbonyl (C=O) groups excluding carboxylic acids is 3. The quantitative estimate of drug-likeness (QED) is 0.360. The minimum Gasteiger partial charge on any atom is -0.369 e. The number of primary amides is 1. The molecule has 2 fully saturated rings. The van der Waals surface area contributed by atoms with Crippen LogP contribution in [0.4, 0.5) is 22.0 Å². The first-order chi connectivity index (χ1) is 19.8. The molecule has 0 unspecified atom stereocenters. The topological polar surface area (TPSA) is 102 Å². The number of hydrogen-bond acceptors (Lipinski definition) is 4. The molecule has 224 valence electrons. The van der Waals surface area contributed by atoms with Gasteiger partial charge in [0.15, 0.2) is 11.9 Å². The molecule has 0 spiro atoms. The van der Waals surface area contributed by atoms with Gasteiger partial charge in [0, 0.05) is 48.6 Å². The van der Waals surface area contributed by atoms with Crippen molar-refractivity contribution in [1.82, 2.24) is 5.32 Å². The number of benzene rings is 2. The lowest BCUT2D eigenvalue weighted by molar-refractivity contribution is -0.149. The second kappa shape index (κ2) is 11.6. The van der Waals surface area contributed by atoms with Gasteiger partial charge in [-0.15, -0.1) is 0 Å². The van der Waals surface area contributed by atoms with Gasteiger partial charge in [0.05, 0.1) is 5.71 Å². The van der Waals surface area contributed by atoms with Crippen molar-refractivity contribution in [1.29, 1.82) is 0 Å². The summed E-state index contributed by atoms with van der Waals surface area (Å²) in [6.45, 7) is 0. The van der Waals surface area contributed by atoms with Crippen LogP contribution in [0.2, 0.25) is 0 Å². The molecule has 1 heterocycles. The fourth-order valence-electron chi connectivity index (χ4n) is 6.15. The lowest BCUT2D eigenvalue weighted by Gasteiger charge is -2.38. The molecule has 0 radical (unpaired) electrons. The van der Waals surface area contributed by atoms with Gasteiger partial charge in [0.25, 0.3) is 0 Å². The largest absolute Gasteiger partial charge is 0.389 e. The smallest absolute Gasteiger partial charge is 0.369 e. The standard InChI is InChI=1S/C31H32F5N3O3/c32-30(33)15-17(16-30)13-24(27(37)41)22(11-12-31(34,35)36)29(42)39-28-25(40)14-23-20(18-9-10-18)7-4-8-21(23)26(38-28)19-5-2-1-3-6-19/h1-8,17-18,22,24,28H,9-16H2,(H2,37,41)(H,39,42)/t22-,24+,28-/m1/s1. The van der Waals surface area contributed by atoms with Gasteiger partial charge in [-0.1, -0.05) is 48.5 Å². The van der Waals surface area contributed by atoms with E-state index < -0.39 is 79.3 Å². The number of ketones is 1. The van der Waals surface area contributed by atoms with Crippen LogP contribution >= 0.6 is 0 Å². The zero-order chi connectivity index (χ0) is 30.2. The summed E-state index contributed by atoms with van der Waals surface area (Å²) in [4.78, 5) is 44.2. The molecule has 2 amide bonds. The van der Waals surface area contributed by atoms with Crippen LogP contribution in [0.1, 0.15) is 73.1 Å². The number of rotatable bonds is 10. The van der Waals surface area contributed by atoms with Gasteiger partial charge in [-0.05, 0) is 48.6 Å². The number of nitrogens with one attached hydrogen (secondary N) is 1. The first-order valence-electron chi connectivity index (χ1n) is 14.1. The Morgan fingerprint density at radius 3 is 2.31 bits per heavy atom. The van der Waals surface area contributed by atoms with Crippen LogP contribution in [0.5, 0.6) is 0 Å². The molecule has 42 heavy (non-hydrogen) atoms. The molecule has 3 atom stereocenters. The third-order valence-corrected chi connectivity index (χ3v) is 8.41. The van der Waals surface area contributed by atoms with Crippen molar-refractivity contribution in [2.45, 2.75) is 75.5 Å². The first-order valence-corrected chi connectivity index (χ1v) is 14.1. The predicted octanol–water partition coefficient (Wildman–Crippen LogP) is 5.46. The molecule has 0 saturated heterocycles. The number of hydrogen-bond donors (Lipinski definition) is 2. The molecule has 3 aliphatic rings. The highest BCUT2D eigenvalue weighted by atomic mass is 19.4. The number of nitrogens with zero attached hydrogens (tertiary/aromatic N) is 1. The highest BCUT2D eigenvalue weighted by Gasteiger charge is 2.48. The van der Waals surface area contributed by atoms with Crippen LogP contribution in [0.3, 0.4) is 0 Å². The third kappa shape index (κ3) is 6.87. The van der Waals surface area contributed by atoms with Gasteiger partial charge in [-0.25, -0.2) is 8.78 Å². The summed E-state index contributed by atoms with van der Waals surface area (Å²) in [5.41, 5.74) is 9.25. The van der Waals surface area contributed by atoms with Crippen molar-refractivity contribution in [3.8, 4) is 0 Å². The Bertz CT molecular complexity index is 1380. The molecule has 5 rings (SSSR count). The van der Waals surface area contributed by atoms with E-state index in [-0.39, 0.29) is 12.8 Å². The van der Waals surface area contributed by atoms with E-state index in [9.17, 15) is 36.3 Å². The van der Waals surface area contributed by atoms with E-state index in [1.807, 2.05) is 36.4 Å². The van der Waals surface area contributed by atoms with Crippen LogP contribution in [-0.4, -0.2) is 41.6 Å². The normalized spacial score (nSPS) is 21.8. The minimum atomic E-state index is -4.64. The summed E-state index contributed by atoms with van der Waals surface area (Å²) in [7, 11) is 0. The average molecular weight is 590 g/mol. The molecule has 6 nitrogen and oxygen atoms in total. The highest BCUT2D eigenvalue weighted by Crippen LogP contribution is 2.47. The molecule has 2 aromatic rings. The average Bonchev–Trinajstić information content (AvgIpc) is 3.75. The number of carbonyl (C=O) groups is 3. The zero-order valence-electron chi connectivity index (χ0n) is 22.8. The lowest BCUT2D eigenvalue weighted by Crippen LogP contribution is -2.48. The third-order valence-electron chi connectivity index (χ3n) is 8.41. The van der Waals surface area contributed by atoms with E-state index in [4.69, 9.17) is 5.73 Å². The molecule has 0 bridgehead atoms. The number of alkyl halides is 5. The number of fused-ring (bicyclic) bond motifs is 1. The maximum absolute atomic E-state index is 13.6. The van der Waals surface area contributed by atoms with Gasteiger partial charge >= 0.3 is 6.18 Å². The molecule has 2 aromatic carbocycles. The number of nitrogens with two attached hydrogens (primary N) is 1. The van der Waals surface area contributed by atoms with E-state index in [2.05, 4.69) is 10.3 Å². The van der Waals surface area contributed by atoms with E-state index in [1.165, 1.54) is 0 Å². The van der Waals surface area contributed by atoms with Crippen molar-refractivity contribution >= 4 is 23.3 Å². The molecule has 0 aromatic heterocycles. The Kier molecular flexibility index (Phi) is 8.22. The molecule has 2 saturated carbocycles. The van der Waals surface area contributed by atoms with Crippen LogP contribution in [0.15, 0.2) is 53.5 Å². The monoisotopic (exact) mass is 589 g/mol. The fourth-order valence-corrected chi connectivity index (χ4v) is 6.15. The summed E-state index contributed by atoms with van der Waals surface area (Å²) < 4.78 is 66.6. The maximum Gasteiger partial charge on any atom is 0.389 e. The molecule has 3 N–H and O–H groups in total. The second-order valence-corrected chi connectivity index (χ2v) is 11.7. The van der Waals surface area contributed by atoms with Gasteiger partial charge in [0.1, 0.15) is 0 Å². The van der Waals surface area contributed by atoms with E-state index >= 15 is 0 Å². The zero-order valence-corrected chi connectivity index (χ0v) is 22.8.